The number of amides is 1. The van der Waals surface area contributed by atoms with Crippen LogP contribution in [0.5, 0.6) is 5.75 Å². The van der Waals surface area contributed by atoms with E-state index < -0.39 is 29.1 Å². The fraction of sp³-hybridized carbons (Fsp3) is 0.118. The van der Waals surface area contributed by atoms with Crippen molar-refractivity contribution in [2.24, 2.45) is 0 Å². The maximum atomic E-state index is 13.7. The van der Waals surface area contributed by atoms with Gasteiger partial charge in [0, 0.05) is 12.7 Å². The Morgan fingerprint density at radius 3 is 2.62 bits per heavy atom. The SMILES string of the molecule is COc1cccn2ncc(C(=O)NCc3cc(F)c(C(=O)O)c(F)c3)c12. The lowest BCUT2D eigenvalue weighted by atomic mass is 10.1. The number of aromatic nitrogens is 2. The van der Waals surface area contributed by atoms with Crippen molar-refractivity contribution in [2.45, 2.75) is 6.54 Å². The van der Waals surface area contributed by atoms with Gasteiger partial charge in [-0.05, 0) is 29.8 Å². The summed E-state index contributed by atoms with van der Waals surface area (Å²) in [7, 11) is 1.46. The predicted molar refractivity (Wildman–Crippen MR) is 86.2 cm³/mol. The van der Waals surface area contributed by atoms with Gasteiger partial charge in [-0.1, -0.05) is 0 Å². The van der Waals surface area contributed by atoms with Crippen LogP contribution in [0.15, 0.2) is 36.7 Å². The van der Waals surface area contributed by atoms with E-state index in [9.17, 15) is 18.4 Å². The van der Waals surface area contributed by atoms with Gasteiger partial charge in [0.2, 0.25) is 0 Å². The van der Waals surface area contributed by atoms with Crippen molar-refractivity contribution in [1.82, 2.24) is 14.9 Å². The van der Waals surface area contributed by atoms with Crippen molar-refractivity contribution in [1.29, 1.82) is 0 Å². The summed E-state index contributed by atoms with van der Waals surface area (Å²) in [6.45, 7) is -0.195. The molecular weight excluding hydrogens is 348 g/mol. The number of aromatic carboxylic acids is 1. The Morgan fingerprint density at radius 1 is 1.31 bits per heavy atom. The van der Waals surface area contributed by atoms with E-state index >= 15 is 0 Å². The van der Waals surface area contributed by atoms with E-state index in [1.54, 1.807) is 18.3 Å². The molecule has 0 aliphatic heterocycles. The Labute approximate surface area is 145 Å². The topological polar surface area (TPSA) is 92.9 Å². The van der Waals surface area contributed by atoms with Crippen LogP contribution in [0.4, 0.5) is 8.78 Å². The highest BCUT2D eigenvalue weighted by Gasteiger charge is 2.19. The minimum atomic E-state index is -1.70. The summed E-state index contributed by atoms with van der Waals surface area (Å²) in [5, 5.41) is 15.3. The average molecular weight is 361 g/mol. The Morgan fingerprint density at radius 2 is 2.00 bits per heavy atom. The lowest BCUT2D eigenvalue weighted by molar-refractivity contribution is 0.0686. The second kappa shape index (κ2) is 6.79. The van der Waals surface area contributed by atoms with Crippen molar-refractivity contribution < 1.29 is 28.2 Å². The van der Waals surface area contributed by atoms with E-state index in [1.165, 1.54) is 17.8 Å². The number of benzene rings is 1. The summed E-state index contributed by atoms with van der Waals surface area (Å²) < 4.78 is 34.1. The molecule has 0 spiro atoms. The minimum absolute atomic E-state index is 0.0850. The molecule has 0 bridgehead atoms. The number of hydrogen-bond donors (Lipinski definition) is 2. The van der Waals surface area contributed by atoms with Gasteiger partial charge in [-0.25, -0.2) is 18.1 Å². The number of carbonyl (C=O) groups excluding carboxylic acids is 1. The summed E-state index contributed by atoms with van der Waals surface area (Å²) >= 11 is 0. The fourth-order valence-corrected chi connectivity index (χ4v) is 2.55. The third kappa shape index (κ3) is 3.06. The summed E-state index contributed by atoms with van der Waals surface area (Å²) in [6, 6.07) is 5.10. The lowest BCUT2D eigenvalue weighted by Gasteiger charge is -2.08. The molecule has 2 N–H and O–H groups in total. The monoisotopic (exact) mass is 361 g/mol. The van der Waals surface area contributed by atoms with E-state index in [0.29, 0.717) is 11.3 Å². The molecule has 2 aromatic heterocycles. The summed E-state index contributed by atoms with van der Waals surface area (Å²) in [5.74, 6) is -4.20. The summed E-state index contributed by atoms with van der Waals surface area (Å²) in [5.41, 5.74) is -0.272. The van der Waals surface area contributed by atoms with Gasteiger partial charge < -0.3 is 15.2 Å². The predicted octanol–water partition coefficient (Wildman–Crippen LogP) is 2.25. The van der Waals surface area contributed by atoms with E-state index in [1.807, 2.05) is 0 Å². The highest BCUT2D eigenvalue weighted by Crippen LogP contribution is 2.23. The third-order valence-electron chi connectivity index (χ3n) is 3.74. The number of carboxylic acid groups (broad SMARTS) is 1. The molecule has 26 heavy (non-hydrogen) atoms. The van der Waals surface area contributed by atoms with Crippen LogP contribution >= 0.6 is 0 Å². The maximum absolute atomic E-state index is 13.7. The number of nitrogens with one attached hydrogen (secondary N) is 1. The summed E-state index contributed by atoms with van der Waals surface area (Å²) in [4.78, 5) is 23.2. The number of hydrogen-bond acceptors (Lipinski definition) is 4. The smallest absolute Gasteiger partial charge is 0.341 e. The van der Waals surface area contributed by atoms with Crippen LogP contribution in [-0.4, -0.2) is 33.7 Å². The quantitative estimate of drug-likeness (QED) is 0.727. The molecule has 0 unspecified atom stereocenters. The third-order valence-corrected chi connectivity index (χ3v) is 3.74. The molecule has 0 aliphatic carbocycles. The first kappa shape index (κ1) is 17.3. The van der Waals surface area contributed by atoms with Crippen molar-refractivity contribution in [3.05, 3.63) is 65.0 Å². The molecule has 2 heterocycles. The lowest BCUT2D eigenvalue weighted by Crippen LogP contribution is -2.23. The van der Waals surface area contributed by atoms with Crippen LogP contribution in [0.2, 0.25) is 0 Å². The maximum Gasteiger partial charge on any atom is 0.341 e. The molecule has 7 nitrogen and oxygen atoms in total. The molecule has 1 amide bonds. The molecule has 0 saturated carbocycles. The Hall–Kier alpha value is -3.49. The van der Waals surface area contributed by atoms with Crippen LogP contribution < -0.4 is 10.1 Å². The molecule has 3 aromatic rings. The largest absolute Gasteiger partial charge is 0.494 e. The number of fused-ring (bicyclic) bond motifs is 1. The molecule has 134 valence electrons. The van der Waals surface area contributed by atoms with E-state index in [-0.39, 0.29) is 17.7 Å². The number of rotatable bonds is 5. The summed E-state index contributed by atoms with van der Waals surface area (Å²) in [6.07, 6.45) is 2.99. The number of methoxy groups -OCH3 is 1. The van der Waals surface area contributed by atoms with Gasteiger partial charge in [-0.15, -0.1) is 0 Å². The minimum Gasteiger partial charge on any atom is -0.494 e. The molecule has 1 aromatic carbocycles. The Balaban J connectivity index is 1.83. The Kier molecular flexibility index (Phi) is 4.53. The molecule has 0 atom stereocenters. The zero-order chi connectivity index (χ0) is 18.8. The zero-order valence-electron chi connectivity index (χ0n) is 13.5. The van der Waals surface area contributed by atoms with Gasteiger partial charge in [0.1, 0.15) is 28.5 Å². The molecule has 3 rings (SSSR count). The van der Waals surface area contributed by atoms with Gasteiger partial charge in [0.25, 0.3) is 5.91 Å². The first-order chi connectivity index (χ1) is 12.4. The average Bonchev–Trinajstić information content (AvgIpc) is 3.03. The van der Waals surface area contributed by atoms with Gasteiger partial charge >= 0.3 is 5.97 Å². The number of ether oxygens (including phenoxy) is 1. The molecule has 9 heteroatoms. The first-order valence-corrected chi connectivity index (χ1v) is 7.42. The fourth-order valence-electron chi connectivity index (χ4n) is 2.55. The standard InChI is InChI=1S/C17H13F2N3O4/c1-26-13-3-2-4-22-15(13)10(8-21-22)16(23)20-7-9-5-11(18)14(17(24)25)12(19)6-9/h2-6,8H,7H2,1H3,(H,20,23)(H,24,25). The van der Waals surface area contributed by atoms with Crippen LogP contribution in [0.1, 0.15) is 26.3 Å². The van der Waals surface area contributed by atoms with Crippen LogP contribution in [0, 0.1) is 11.6 Å². The van der Waals surface area contributed by atoms with Crippen molar-refractivity contribution in [3.8, 4) is 5.75 Å². The van der Waals surface area contributed by atoms with Gasteiger partial charge in [-0.2, -0.15) is 5.10 Å². The van der Waals surface area contributed by atoms with Crippen LogP contribution in [0.25, 0.3) is 5.52 Å². The van der Waals surface area contributed by atoms with Crippen molar-refractivity contribution in [3.63, 3.8) is 0 Å². The van der Waals surface area contributed by atoms with E-state index in [4.69, 9.17) is 9.84 Å². The molecule has 0 fully saturated rings. The number of carboxylic acids is 1. The molecule has 0 saturated heterocycles. The highest BCUT2D eigenvalue weighted by molar-refractivity contribution is 6.02. The second-order valence-corrected chi connectivity index (χ2v) is 5.35. The number of halogens is 2. The van der Waals surface area contributed by atoms with E-state index in [2.05, 4.69) is 10.4 Å². The number of carbonyl (C=O) groups is 2. The number of nitrogens with zero attached hydrogens (tertiary/aromatic N) is 2. The molecular formula is C17H13F2N3O4. The van der Waals surface area contributed by atoms with Gasteiger partial charge in [0.05, 0.1) is 18.9 Å². The van der Waals surface area contributed by atoms with Crippen LogP contribution in [0.3, 0.4) is 0 Å². The molecule has 0 aliphatic rings. The molecule has 0 radical (unpaired) electrons. The van der Waals surface area contributed by atoms with E-state index in [0.717, 1.165) is 12.1 Å². The van der Waals surface area contributed by atoms with Gasteiger partial charge in [-0.3, -0.25) is 4.79 Å². The first-order valence-electron chi connectivity index (χ1n) is 7.42. The van der Waals surface area contributed by atoms with Gasteiger partial charge in [0.15, 0.2) is 0 Å². The zero-order valence-corrected chi connectivity index (χ0v) is 13.5. The van der Waals surface area contributed by atoms with Crippen molar-refractivity contribution >= 4 is 17.4 Å². The van der Waals surface area contributed by atoms with Crippen molar-refractivity contribution in [2.75, 3.05) is 7.11 Å². The second-order valence-electron chi connectivity index (χ2n) is 5.35. The highest BCUT2D eigenvalue weighted by atomic mass is 19.1. The number of pyridine rings is 1. The van der Waals surface area contributed by atoms with Crippen LogP contribution in [-0.2, 0) is 6.54 Å². The Bertz CT molecular complexity index is 993. The normalized spacial score (nSPS) is 10.7.